The molecule has 3 rings (SSSR count). The van der Waals surface area contributed by atoms with Crippen LogP contribution < -0.4 is 10.1 Å². The Labute approximate surface area is 146 Å². The lowest BCUT2D eigenvalue weighted by Crippen LogP contribution is -2.42. The van der Waals surface area contributed by atoms with Crippen LogP contribution in [0.3, 0.4) is 0 Å². The zero-order valence-electron chi connectivity index (χ0n) is 14.0. The van der Waals surface area contributed by atoms with Crippen LogP contribution in [0.2, 0.25) is 0 Å². The second-order valence-electron chi connectivity index (χ2n) is 5.81. The number of methoxy groups -OCH3 is 1. The van der Waals surface area contributed by atoms with E-state index in [4.69, 9.17) is 10.00 Å². The average molecular weight is 337 g/mol. The molecule has 2 aromatic rings. The van der Waals surface area contributed by atoms with Crippen LogP contribution >= 0.6 is 0 Å². The molecule has 128 valence electrons. The summed E-state index contributed by atoms with van der Waals surface area (Å²) in [5.41, 5.74) is 1.17. The highest BCUT2D eigenvalue weighted by Gasteiger charge is 2.24. The predicted octanol–water partition coefficient (Wildman–Crippen LogP) is 2.07. The van der Waals surface area contributed by atoms with Crippen LogP contribution in [0.4, 0.5) is 5.82 Å². The molecule has 1 N–H and O–H groups in total. The summed E-state index contributed by atoms with van der Waals surface area (Å²) < 4.78 is 5.20. The molecule has 1 amide bonds. The van der Waals surface area contributed by atoms with Gasteiger partial charge in [-0.15, -0.1) is 0 Å². The largest absolute Gasteiger partial charge is 0.478 e. The minimum absolute atomic E-state index is 0.0000214. The standard InChI is InChI=1S/C18H19N5O2/c1-25-17-16(20-8-9-21-17)22-15-6-10-23(11-7-15)18(24)14-4-2-13(12-19)3-5-14/h2-5,8-9,15H,6-7,10-11H2,1H3,(H,20,22). The third kappa shape index (κ3) is 3.86. The monoisotopic (exact) mass is 337 g/mol. The van der Waals surface area contributed by atoms with Gasteiger partial charge in [0, 0.05) is 37.1 Å². The smallest absolute Gasteiger partial charge is 0.257 e. The number of aromatic nitrogens is 2. The summed E-state index contributed by atoms with van der Waals surface area (Å²) in [4.78, 5) is 22.8. The topological polar surface area (TPSA) is 91.1 Å². The van der Waals surface area contributed by atoms with Crippen molar-refractivity contribution in [2.75, 3.05) is 25.5 Å². The zero-order valence-corrected chi connectivity index (χ0v) is 14.0. The number of anilines is 1. The van der Waals surface area contributed by atoms with Crippen LogP contribution in [0.1, 0.15) is 28.8 Å². The van der Waals surface area contributed by atoms with Gasteiger partial charge in [-0.1, -0.05) is 0 Å². The van der Waals surface area contributed by atoms with Crippen molar-refractivity contribution in [2.24, 2.45) is 0 Å². The van der Waals surface area contributed by atoms with Crippen molar-refractivity contribution in [3.63, 3.8) is 0 Å². The van der Waals surface area contributed by atoms with Gasteiger partial charge in [-0.3, -0.25) is 4.79 Å². The van der Waals surface area contributed by atoms with Crippen molar-refractivity contribution in [2.45, 2.75) is 18.9 Å². The summed E-state index contributed by atoms with van der Waals surface area (Å²) >= 11 is 0. The molecule has 0 radical (unpaired) electrons. The van der Waals surface area contributed by atoms with Crippen molar-refractivity contribution >= 4 is 11.7 Å². The van der Waals surface area contributed by atoms with Gasteiger partial charge in [-0.25, -0.2) is 9.97 Å². The fraction of sp³-hybridized carbons (Fsp3) is 0.333. The number of rotatable bonds is 4. The summed E-state index contributed by atoms with van der Waals surface area (Å²) in [5.74, 6) is 1.10. The lowest BCUT2D eigenvalue weighted by molar-refractivity contribution is 0.0718. The number of carbonyl (C=O) groups is 1. The highest BCUT2D eigenvalue weighted by atomic mass is 16.5. The maximum Gasteiger partial charge on any atom is 0.257 e. The highest BCUT2D eigenvalue weighted by molar-refractivity contribution is 5.94. The molecule has 1 saturated heterocycles. The summed E-state index contributed by atoms with van der Waals surface area (Å²) in [5, 5.41) is 12.2. The van der Waals surface area contributed by atoms with Gasteiger partial charge in [0.15, 0.2) is 5.82 Å². The number of hydrogen-bond acceptors (Lipinski definition) is 6. The molecule has 0 atom stereocenters. The Balaban J connectivity index is 1.58. The van der Waals surface area contributed by atoms with E-state index in [0.717, 1.165) is 12.8 Å². The highest BCUT2D eigenvalue weighted by Crippen LogP contribution is 2.22. The number of nitrogens with zero attached hydrogens (tertiary/aromatic N) is 4. The fourth-order valence-corrected chi connectivity index (χ4v) is 2.86. The minimum Gasteiger partial charge on any atom is -0.478 e. The van der Waals surface area contributed by atoms with E-state index in [2.05, 4.69) is 21.4 Å². The summed E-state index contributed by atoms with van der Waals surface area (Å²) in [6.07, 6.45) is 4.85. The molecule has 1 aromatic heterocycles. The average Bonchev–Trinajstić information content (AvgIpc) is 2.68. The number of nitrogens with one attached hydrogen (secondary N) is 1. The van der Waals surface area contributed by atoms with Crippen molar-refractivity contribution in [3.05, 3.63) is 47.8 Å². The molecular formula is C18H19N5O2. The number of carbonyl (C=O) groups excluding carboxylic acids is 1. The number of amides is 1. The van der Waals surface area contributed by atoms with Crippen molar-refractivity contribution in [3.8, 4) is 11.9 Å². The van der Waals surface area contributed by atoms with Crippen molar-refractivity contribution in [1.29, 1.82) is 5.26 Å². The maximum absolute atomic E-state index is 12.5. The molecule has 25 heavy (non-hydrogen) atoms. The molecule has 0 saturated carbocycles. The van der Waals surface area contributed by atoms with E-state index in [1.165, 1.54) is 0 Å². The maximum atomic E-state index is 12.5. The molecule has 7 nitrogen and oxygen atoms in total. The normalized spacial score (nSPS) is 14.6. The van der Waals surface area contributed by atoms with Crippen LogP contribution in [0.25, 0.3) is 0 Å². The van der Waals surface area contributed by atoms with E-state index in [1.807, 2.05) is 4.90 Å². The van der Waals surface area contributed by atoms with E-state index in [9.17, 15) is 4.79 Å². The minimum atomic E-state index is 0.0000214. The van der Waals surface area contributed by atoms with Gasteiger partial charge in [0.05, 0.1) is 18.7 Å². The number of piperidine rings is 1. The van der Waals surface area contributed by atoms with E-state index in [-0.39, 0.29) is 11.9 Å². The van der Waals surface area contributed by atoms with Crippen LogP contribution in [0, 0.1) is 11.3 Å². The van der Waals surface area contributed by atoms with Gasteiger partial charge in [0.25, 0.3) is 11.8 Å². The summed E-state index contributed by atoms with van der Waals surface area (Å²) in [6, 6.07) is 9.02. The number of hydrogen-bond donors (Lipinski definition) is 1. The molecule has 2 heterocycles. The van der Waals surface area contributed by atoms with Crippen molar-refractivity contribution in [1.82, 2.24) is 14.9 Å². The Bertz CT molecular complexity index is 777. The molecule has 0 unspecified atom stereocenters. The Hall–Kier alpha value is -3.14. The fourth-order valence-electron chi connectivity index (χ4n) is 2.86. The van der Waals surface area contributed by atoms with E-state index < -0.39 is 0 Å². The van der Waals surface area contributed by atoms with Gasteiger partial charge < -0.3 is 15.0 Å². The Morgan fingerprint density at radius 2 is 1.92 bits per heavy atom. The first kappa shape index (κ1) is 16.7. The lowest BCUT2D eigenvalue weighted by atomic mass is 10.0. The summed E-state index contributed by atoms with van der Waals surface area (Å²) in [7, 11) is 1.56. The van der Waals surface area contributed by atoms with Crippen LogP contribution in [-0.2, 0) is 0 Å². The zero-order chi connectivity index (χ0) is 17.6. The molecule has 0 aliphatic carbocycles. The summed E-state index contributed by atoms with van der Waals surface area (Å²) in [6.45, 7) is 1.33. The molecule has 0 spiro atoms. The van der Waals surface area contributed by atoms with Gasteiger partial charge in [-0.05, 0) is 37.1 Å². The van der Waals surface area contributed by atoms with E-state index >= 15 is 0 Å². The van der Waals surface area contributed by atoms with E-state index in [1.54, 1.807) is 43.8 Å². The SMILES string of the molecule is COc1nccnc1NC1CCN(C(=O)c2ccc(C#N)cc2)CC1. The second kappa shape index (κ2) is 7.62. The number of ether oxygens (including phenoxy) is 1. The first-order valence-corrected chi connectivity index (χ1v) is 8.12. The molecule has 1 aliphatic heterocycles. The first-order valence-electron chi connectivity index (χ1n) is 8.12. The van der Waals surface area contributed by atoms with Gasteiger partial charge in [0.1, 0.15) is 0 Å². The van der Waals surface area contributed by atoms with E-state index in [0.29, 0.717) is 35.9 Å². The van der Waals surface area contributed by atoms with Crippen LogP contribution in [0.15, 0.2) is 36.7 Å². The molecule has 7 heteroatoms. The van der Waals surface area contributed by atoms with Gasteiger partial charge >= 0.3 is 0 Å². The van der Waals surface area contributed by atoms with Gasteiger partial charge in [-0.2, -0.15) is 5.26 Å². The molecular weight excluding hydrogens is 318 g/mol. The Kier molecular flexibility index (Phi) is 5.09. The molecule has 1 aromatic carbocycles. The van der Waals surface area contributed by atoms with Crippen LogP contribution in [0.5, 0.6) is 5.88 Å². The lowest BCUT2D eigenvalue weighted by Gasteiger charge is -2.32. The van der Waals surface area contributed by atoms with Crippen LogP contribution in [-0.4, -0.2) is 47.0 Å². The molecule has 1 aliphatic rings. The number of nitriles is 1. The quantitative estimate of drug-likeness (QED) is 0.918. The third-order valence-corrected chi connectivity index (χ3v) is 4.24. The molecule has 1 fully saturated rings. The second-order valence-corrected chi connectivity index (χ2v) is 5.81. The first-order chi connectivity index (χ1) is 12.2. The third-order valence-electron chi connectivity index (χ3n) is 4.24. The van der Waals surface area contributed by atoms with Crippen molar-refractivity contribution < 1.29 is 9.53 Å². The predicted molar refractivity (Wildman–Crippen MR) is 92.3 cm³/mol. The molecule has 0 bridgehead atoms. The Morgan fingerprint density at radius 1 is 1.24 bits per heavy atom. The Morgan fingerprint density at radius 3 is 2.56 bits per heavy atom. The van der Waals surface area contributed by atoms with Gasteiger partial charge in [0.2, 0.25) is 0 Å². The number of likely N-dealkylation sites (tertiary alicyclic amines) is 1. The number of benzene rings is 1.